The minimum absolute atomic E-state index is 0.0612. The Labute approximate surface area is 156 Å². The van der Waals surface area contributed by atoms with E-state index in [1.54, 1.807) is 18.2 Å². The molecule has 2 rings (SSSR count). The summed E-state index contributed by atoms with van der Waals surface area (Å²) in [6.07, 6.45) is 0. The van der Waals surface area contributed by atoms with E-state index in [-0.39, 0.29) is 23.5 Å². The number of hydrogen-bond donors (Lipinski definition) is 2. The van der Waals surface area contributed by atoms with Gasteiger partial charge in [-0.2, -0.15) is 0 Å². The quantitative estimate of drug-likeness (QED) is 0.564. The van der Waals surface area contributed by atoms with Crippen LogP contribution in [-0.4, -0.2) is 36.7 Å². The van der Waals surface area contributed by atoms with Gasteiger partial charge < -0.3 is 15.8 Å². The normalized spacial score (nSPS) is 10.1. The van der Waals surface area contributed by atoms with Gasteiger partial charge in [0, 0.05) is 11.1 Å². The summed E-state index contributed by atoms with van der Waals surface area (Å²) in [4.78, 5) is 47.4. The van der Waals surface area contributed by atoms with Crippen molar-refractivity contribution < 1.29 is 23.9 Å². The molecule has 0 aromatic heterocycles. The summed E-state index contributed by atoms with van der Waals surface area (Å²) < 4.78 is 4.95. The third-order valence-electron chi connectivity index (χ3n) is 3.82. The number of esters is 1. The first-order valence-electron chi connectivity index (χ1n) is 8.22. The summed E-state index contributed by atoms with van der Waals surface area (Å²) in [5.41, 5.74) is 7.38. The molecule has 0 unspecified atom stereocenters. The van der Waals surface area contributed by atoms with Crippen LogP contribution >= 0.6 is 0 Å². The Hall–Kier alpha value is -3.48. The molecule has 0 heterocycles. The van der Waals surface area contributed by atoms with Crippen molar-refractivity contribution in [3.05, 3.63) is 70.3 Å². The van der Waals surface area contributed by atoms with Gasteiger partial charge >= 0.3 is 5.97 Å². The van der Waals surface area contributed by atoms with Crippen molar-refractivity contribution >= 4 is 23.6 Å². The van der Waals surface area contributed by atoms with Gasteiger partial charge in [0.05, 0.1) is 12.1 Å². The highest BCUT2D eigenvalue weighted by molar-refractivity contribution is 6.15. The zero-order valence-corrected chi connectivity index (χ0v) is 15.1. The van der Waals surface area contributed by atoms with Crippen LogP contribution in [0.4, 0.5) is 0 Å². The monoisotopic (exact) mass is 368 g/mol. The molecule has 2 aromatic carbocycles. The molecule has 2 aromatic rings. The Balaban J connectivity index is 2.18. The van der Waals surface area contributed by atoms with Crippen molar-refractivity contribution in [1.82, 2.24) is 5.32 Å². The van der Waals surface area contributed by atoms with E-state index in [0.29, 0.717) is 5.56 Å². The molecule has 0 saturated carbocycles. The van der Waals surface area contributed by atoms with Gasteiger partial charge in [0.1, 0.15) is 0 Å². The third kappa shape index (κ3) is 5.24. The molecule has 0 radical (unpaired) electrons. The number of aryl methyl sites for hydroxylation is 2. The number of ether oxygens (including phenoxy) is 1. The SMILES string of the molecule is Cc1ccc(C)c(C(=O)c2ccccc2C(=O)OCC(=O)NCC(N)=O)c1. The van der Waals surface area contributed by atoms with Crippen molar-refractivity contribution in [3.63, 3.8) is 0 Å². The summed E-state index contributed by atoms with van der Waals surface area (Å²) in [5.74, 6) is -2.49. The fraction of sp³-hybridized carbons (Fsp3) is 0.200. The maximum absolute atomic E-state index is 12.9. The van der Waals surface area contributed by atoms with E-state index in [2.05, 4.69) is 5.32 Å². The number of amides is 2. The lowest BCUT2D eigenvalue weighted by molar-refractivity contribution is -0.127. The van der Waals surface area contributed by atoms with E-state index in [9.17, 15) is 19.2 Å². The zero-order valence-electron chi connectivity index (χ0n) is 15.1. The lowest BCUT2D eigenvalue weighted by atomic mass is 9.94. The maximum atomic E-state index is 12.9. The number of primary amides is 1. The molecule has 0 saturated heterocycles. The van der Waals surface area contributed by atoms with Crippen LogP contribution in [0.15, 0.2) is 42.5 Å². The summed E-state index contributed by atoms with van der Waals surface area (Å²) in [5, 5.41) is 2.21. The van der Waals surface area contributed by atoms with E-state index in [1.807, 2.05) is 26.0 Å². The van der Waals surface area contributed by atoms with Crippen molar-refractivity contribution in [3.8, 4) is 0 Å². The van der Waals surface area contributed by atoms with Crippen LogP contribution in [0.3, 0.4) is 0 Å². The first kappa shape index (κ1) is 19.8. The minimum atomic E-state index is -0.807. The van der Waals surface area contributed by atoms with Gasteiger partial charge in [-0.25, -0.2) is 4.79 Å². The highest BCUT2D eigenvalue weighted by Gasteiger charge is 2.21. The Morgan fingerprint density at radius 3 is 2.30 bits per heavy atom. The number of ketones is 1. The van der Waals surface area contributed by atoms with Gasteiger partial charge in [-0.1, -0.05) is 35.9 Å². The first-order valence-corrected chi connectivity index (χ1v) is 8.22. The second-order valence-corrected chi connectivity index (χ2v) is 6.01. The fourth-order valence-electron chi connectivity index (χ4n) is 2.43. The third-order valence-corrected chi connectivity index (χ3v) is 3.82. The second-order valence-electron chi connectivity index (χ2n) is 6.01. The smallest absolute Gasteiger partial charge is 0.339 e. The van der Waals surface area contributed by atoms with E-state index in [1.165, 1.54) is 12.1 Å². The van der Waals surface area contributed by atoms with E-state index >= 15 is 0 Å². The molecule has 0 aliphatic rings. The average molecular weight is 368 g/mol. The second kappa shape index (κ2) is 8.75. The number of nitrogens with one attached hydrogen (secondary N) is 1. The van der Waals surface area contributed by atoms with Gasteiger partial charge in [-0.15, -0.1) is 0 Å². The van der Waals surface area contributed by atoms with E-state index < -0.39 is 24.4 Å². The summed E-state index contributed by atoms with van der Waals surface area (Å²) in [7, 11) is 0. The van der Waals surface area contributed by atoms with Gasteiger partial charge in [0.15, 0.2) is 12.4 Å². The van der Waals surface area contributed by atoms with Crippen LogP contribution < -0.4 is 11.1 Å². The number of carbonyl (C=O) groups excluding carboxylic acids is 4. The number of hydrogen-bond acceptors (Lipinski definition) is 5. The molecule has 27 heavy (non-hydrogen) atoms. The van der Waals surface area contributed by atoms with Crippen LogP contribution in [0, 0.1) is 13.8 Å². The lowest BCUT2D eigenvalue weighted by Crippen LogP contribution is -2.36. The molecule has 0 aliphatic heterocycles. The topological polar surface area (TPSA) is 116 Å². The average Bonchev–Trinajstić information content (AvgIpc) is 2.65. The van der Waals surface area contributed by atoms with Gasteiger partial charge in [0.2, 0.25) is 5.91 Å². The standard InChI is InChI=1S/C20H20N2O5/c1-12-7-8-13(2)16(9-12)19(25)14-5-3-4-6-15(14)20(26)27-11-18(24)22-10-17(21)23/h3-9H,10-11H2,1-2H3,(H2,21,23)(H,22,24). The fourth-order valence-corrected chi connectivity index (χ4v) is 2.43. The zero-order chi connectivity index (χ0) is 20.0. The highest BCUT2D eigenvalue weighted by atomic mass is 16.5. The minimum Gasteiger partial charge on any atom is -0.452 e. The van der Waals surface area contributed by atoms with Crippen LogP contribution in [0.25, 0.3) is 0 Å². The highest BCUT2D eigenvalue weighted by Crippen LogP contribution is 2.19. The molecule has 0 bridgehead atoms. The van der Waals surface area contributed by atoms with Crippen LogP contribution in [0.5, 0.6) is 0 Å². The van der Waals surface area contributed by atoms with Gasteiger partial charge in [-0.3, -0.25) is 14.4 Å². The van der Waals surface area contributed by atoms with Gasteiger partial charge in [-0.05, 0) is 31.5 Å². The molecular weight excluding hydrogens is 348 g/mol. The molecule has 0 fully saturated rings. The predicted octanol–water partition coefficient (Wildman–Crippen LogP) is 1.29. The number of nitrogens with two attached hydrogens (primary N) is 1. The van der Waals surface area contributed by atoms with Crippen molar-refractivity contribution in [1.29, 1.82) is 0 Å². The molecule has 7 heteroatoms. The summed E-state index contributed by atoms with van der Waals surface area (Å²) >= 11 is 0. The maximum Gasteiger partial charge on any atom is 0.339 e. The Kier molecular flexibility index (Phi) is 6.43. The lowest BCUT2D eigenvalue weighted by Gasteiger charge is -2.11. The molecular formula is C20H20N2O5. The molecule has 140 valence electrons. The predicted molar refractivity (Wildman–Crippen MR) is 98.3 cm³/mol. The van der Waals surface area contributed by atoms with Crippen LogP contribution in [0.1, 0.15) is 37.4 Å². The summed E-state index contributed by atoms with van der Waals surface area (Å²) in [6.45, 7) is 2.76. The van der Waals surface area contributed by atoms with Gasteiger partial charge in [0.25, 0.3) is 5.91 Å². The molecule has 3 N–H and O–H groups in total. The van der Waals surface area contributed by atoms with E-state index in [0.717, 1.165) is 11.1 Å². The van der Waals surface area contributed by atoms with Crippen LogP contribution in [0.2, 0.25) is 0 Å². The molecule has 0 aliphatic carbocycles. The van der Waals surface area contributed by atoms with Crippen molar-refractivity contribution in [2.45, 2.75) is 13.8 Å². The number of rotatable bonds is 7. The van der Waals surface area contributed by atoms with E-state index in [4.69, 9.17) is 10.5 Å². The van der Waals surface area contributed by atoms with Crippen LogP contribution in [-0.2, 0) is 14.3 Å². The number of benzene rings is 2. The van der Waals surface area contributed by atoms with Crippen molar-refractivity contribution in [2.75, 3.05) is 13.2 Å². The largest absolute Gasteiger partial charge is 0.452 e. The number of carbonyl (C=O) groups is 4. The molecule has 2 amide bonds. The molecule has 0 atom stereocenters. The van der Waals surface area contributed by atoms with Crippen molar-refractivity contribution in [2.24, 2.45) is 5.73 Å². The summed E-state index contributed by atoms with van der Waals surface area (Å²) in [6, 6.07) is 11.7. The molecule has 0 spiro atoms. The Morgan fingerprint density at radius 2 is 1.63 bits per heavy atom. The Bertz CT molecular complexity index is 905. The first-order chi connectivity index (χ1) is 12.8. The molecule has 7 nitrogen and oxygen atoms in total. The Morgan fingerprint density at radius 1 is 0.963 bits per heavy atom.